The van der Waals surface area contributed by atoms with Gasteiger partial charge in [0.25, 0.3) is 0 Å². The number of aliphatic hydroxyl groups is 2. The third-order valence-electron chi connectivity index (χ3n) is 3.22. The van der Waals surface area contributed by atoms with Gasteiger partial charge in [-0.3, -0.25) is 0 Å². The van der Waals surface area contributed by atoms with Gasteiger partial charge in [-0.15, -0.1) is 0 Å². The minimum absolute atomic E-state index is 0.0688. The molecule has 21 heavy (non-hydrogen) atoms. The number of carbonyl (C=O) groups excluding carboxylic acids is 1. The third-order valence-corrected chi connectivity index (χ3v) is 3.22. The van der Waals surface area contributed by atoms with Crippen LogP contribution in [0, 0.1) is 6.92 Å². The van der Waals surface area contributed by atoms with Crippen LogP contribution < -0.4 is 14.2 Å². The molecule has 1 aliphatic heterocycles. The van der Waals surface area contributed by atoms with Gasteiger partial charge in [-0.1, -0.05) is 0 Å². The van der Waals surface area contributed by atoms with Gasteiger partial charge in [0.1, 0.15) is 11.9 Å². The highest BCUT2D eigenvalue weighted by atomic mass is 16.7. The predicted molar refractivity (Wildman–Crippen MR) is 71.5 cm³/mol. The maximum atomic E-state index is 11.5. The summed E-state index contributed by atoms with van der Waals surface area (Å²) < 4.78 is 20.5. The molecule has 0 amide bonds. The first kappa shape index (κ1) is 15.4. The number of benzene rings is 1. The molecular formula is C14H18O7. The SMILES string of the molecule is CCOC(=O)[C@H](O)[C@@H](O)c1cc2c(c(C)c1OC)OCO2. The van der Waals surface area contributed by atoms with Crippen LogP contribution in [0.25, 0.3) is 0 Å². The Morgan fingerprint density at radius 3 is 2.76 bits per heavy atom. The van der Waals surface area contributed by atoms with Crippen LogP contribution in [0.15, 0.2) is 6.07 Å². The molecule has 1 aromatic carbocycles. The molecule has 7 heteroatoms. The lowest BCUT2D eigenvalue weighted by molar-refractivity contribution is -0.159. The number of aliphatic hydroxyl groups excluding tert-OH is 2. The first-order chi connectivity index (χ1) is 10.0. The fourth-order valence-corrected chi connectivity index (χ4v) is 2.23. The zero-order chi connectivity index (χ0) is 15.6. The van der Waals surface area contributed by atoms with Crippen molar-refractivity contribution in [2.45, 2.75) is 26.1 Å². The molecule has 1 aliphatic rings. The second-order valence-corrected chi connectivity index (χ2v) is 4.50. The number of ether oxygens (including phenoxy) is 4. The van der Waals surface area contributed by atoms with Crippen LogP contribution in [-0.2, 0) is 9.53 Å². The van der Waals surface area contributed by atoms with Crippen molar-refractivity contribution in [3.63, 3.8) is 0 Å². The predicted octanol–water partition coefficient (Wildman–Crippen LogP) is 0.690. The Kier molecular flexibility index (Phi) is 4.54. The van der Waals surface area contributed by atoms with Crippen molar-refractivity contribution in [3.8, 4) is 17.2 Å². The average molecular weight is 298 g/mol. The van der Waals surface area contributed by atoms with Gasteiger partial charge in [0.05, 0.1) is 13.7 Å². The number of esters is 1. The maximum absolute atomic E-state index is 11.5. The number of rotatable bonds is 5. The van der Waals surface area contributed by atoms with Gasteiger partial charge in [0.2, 0.25) is 6.79 Å². The van der Waals surface area contributed by atoms with E-state index in [9.17, 15) is 15.0 Å². The summed E-state index contributed by atoms with van der Waals surface area (Å²) in [6.45, 7) is 3.53. The Morgan fingerprint density at radius 2 is 2.14 bits per heavy atom. The molecule has 0 saturated heterocycles. The normalized spacial score (nSPS) is 15.5. The summed E-state index contributed by atoms with van der Waals surface area (Å²) in [5.74, 6) is 0.379. The molecular weight excluding hydrogens is 280 g/mol. The molecule has 116 valence electrons. The summed E-state index contributed by atoms with van der Waals surface area (Å²) >= 11 is 0. The van der Waals surface area contributed by atoms with E-state index in [2.05, 4.69) is 0 Å². The molecule has 2 N–H and O–H groups in total. The molecule has 7 nitrogen and oxygen atoms in total. The summed E-state index contributed by atoms with van der Waals surface area (Å²) in [6, 6.07) is 1.49. The summed E-state index contributed by atoms with van der Waals surface area (Å²) in [6.07, 6.45) is -3.20. The van der Waals surface area contributed by atoms with Crippen LogP contribution in [-0.4, -0.2) is 42.8 Å². The van der Waals surface area contributed by atoms with Gasteiger partial charge in [-0.2, -0.15) is 0 Å². The van der Waals surface area contributed by atoms with Gasteiger partial charge in [-0.05, 0) is 19.9 Å². The van der Waals surface area contributed by atoms with Gasteiger partial charge < -0.3 is 29.2 Å². The van der Waals surface area contributed by atoms with E-state index in [1.54, 1.807) is 13.8 Å². The van der Waals surface area contributed by atoms with Gasteiger partial charge in [-0.25, -0.2) is 4.79 Å². The van der Waals surface area contributed by atoms with Crippen molar-refractivity contribution >= 4 is 5.97 Å². The van der Waals surface area contributed by atoms with Crippen LogP contribution >= 0.6 is 0 Å². The highest BCUT2D eigenvalue weighted by Crippen LogP contribution is 2.45. The first-order valence-corrected chi connectivity index (χ1v) is 6.51. The highest BCUT2D eigenvalue weighted by Gasteiger charge is 2.32. The Bertz CT molecular complexity index is 541. The van der Waals surface area contributed by atoms with E-state index in [0.717, 1.165) is 0 Å². The topological polar surface area (TPSA) is 94.5 Å². The Labute approximate surface area is 122 Å². The van der Waals surface area contributed by atoms with Gasteiger partial charge in [0.15, 0.2) is 17.6 Å². The molecule has 0 bridgehead atoms. The number of fused-ring (bicyclic) bond motifs is 1. The molecule has 0 spiro atoms. The largest absolute Gasteiger partial charge is 0.496 e. The van der Waals surface area contributed by atoms with E-state index in [1.165, 1.54) is 13.2 Å². The van der Waals surface area contributed by atoms with Crippen LogP contribution in [0.5, 0.6) is 17.2 Å². The van der Waals surface area contributed by atoms with E-state index in [0.29, 0.717) is 22.8 Å². The fourth-order valence-electron chi connectivity index (χ4n) is 2.23. The van der Waals surface area contributed by atoms with E-state index in [-0.39, 0.29) is 19.0 Å². The van der Waals surface area contributed by atoms with Crippen molar-refractivity contribution in [1.29, 1.82) is 0 Å². The smallest absolute Gasteiger partial charge is 0.338 e. The van der Waals surface area contributed by atoms with E-state index in [1.807, 2.05) is 0 Å². The second-order valence-electron chi connectivity index (χ2n) is 4.50. The van der Waals surface area contributed by atoms with Gasteiger partial charge >= 0.3 is 5.97 Å². The fraction of sp³-hybridized carbons (Fsp3) is 0.500. The number of hydrogen-bond donors (Lipinski definition) is 2. The monoisotopic (exact) mass is 298 g/mol. The minimum atomic E-state index is -1.71. The van der Waals surface area contributed by atoms with Crippen molar-refractivity contribution in [1.82, 2.24) is 0 Å². The summed E-state index contributed by atoms with van der Waals surface area (Å²) in [4.78, 5) is 11.5. The summed E-state index contributed by atoms with van der Waals surface area (Å²) in [5, 5.41) is 20.1. The molecule has 0 saturated carbocycles. The molecule has 0 aliphatic carbocycles. The van der Waals surface area contributed by atoms with E-state index < -0.39 is 18.2 Å². The summed E-state index contributed by atoms with van der Waals surface area (Å²) in [5.41, 5.74) is 0.859. The van der Waals surface area contributed by atoms with Crippen molar-refractivity contribution in [2.75, 3.05) is 20.5 Å². The third kappa shape index (κ3) is 2.74. The van der Waals surface area contributed by atoms with Crippen LogP contribution in [0.3, 0.4) is 0 Å². The first-order valence-electron chi connectivity index (χ1n) is 6.51. The number of carbonyl (C=O) groups is 1. The van der Waals surface area contributed by atoms with Crippen molar-refractivity contribution in [2.24, 2.45) is 0 Å². The summed E-state index contributed by atoms with van der Waals surface area (Å²) in [7, 11) is 1.43. The molecule has 0 aromatic heterocycles. The Morgan fingerprint density at radius 1 is 1.43 bits per heavy atom. The van der Waals surface area contributed by atoms with Gasteiger partial charge in [0, 0.05) is 11.1 Å². The molecule has 0 unspecified atom stereocenters. The standard InChI is InChI=1S/C14H18O7/c1-4-19-14(17)11(16)10(15)8-5-9-13(21-6-20-9)7(2)12(8)18-3/h5,10-11,15-16H,4,6H2,1-3H3/t10-,11+/m0/s1. The van der Waals surface area contributed by atoms with E-state index in [4.69, 9.17) is 18.9 Å². The molecule has 2 atom stereocenters. The lowest BCUT2D eigenvalue weighted by atomic mass is 9.99. The van der Waals surface area contributed by atoms with Crippen LogP contribution in [0.1, 0.15) is 24.2 Å². The van der Waals surface area contributed by atoms with Crippen molar-refractivity contribution in [3.05, 3.63) is 17.2 Å². The molecule has 1 aromatic rings. The molecule has 0 radical (unpaired) electrons. The lowest BCUT2D eigenvalue weighted by Crippen LogP contribution is -2.30. The Hall–Kier alpha value is -1.99. The van der Waals surface area contributed by atoms with Crippen LogP contribution in [0.2, 0.25) is 0 Å². The molecule has 0 fully saturated rings. The lowest BCUT2D eigenvalue weighted by Gasteiger charge is -2.21. The number of methoxy groups -OCH3 is 1. The van der Waals surface area contributed by atoms with Crippen molar-refractivity contribution < 1.29 is 34.0 Å². The maximum Gasteiger partial charge on any atom is 0.338 e. The average Bonchev–Trinajstić information content (AvgIpc) is 2.94. The number of hydrogen-bond acceptors (Lipinski definition) is 7. The zero-order valence-corrected chi connectivity index (χ0v) is 12.1. The zero-order valence-electron chi connectivity index (χ0n) is 12.1. The minimum Gasteiger partial charge on any atom is -0.496 e. The highest BCUT2D eigenvalue weighted by molar-refractivity contribution is 5.76. The van der Waals surface area contributed by atoms with Crippen LogP contribution in [0.4, 0.5) is 0 Å². The quantitative estimate of drug-likeness (QED) is 0.772. The second kappa shape index (κ2) is 6.19. The molecule has 2 rings (SSSR count). The molecule has 1 heterocycles. The van der Waals surface area contributed by atoms with E-state index >= 15 is 0 Å². The Balaban J connectivity index is 2.39.